The molecule has 1 aromatic heterocycles. The highest BCUT2D eigenvalue weighted by molar-refractivity contribution is 5.60. The SMILES string of the molecule is NCc1cc(-c2cccc(F)c2)ncc1O. The second-order valence-corrected chi connectivity index (χ2v) is 3.41. The highest BCUT2D eigenvalue weighted by atomic mass is 19.1. The summed E-state index contributed by atoms with van der Waals surface area (Å²) >= 11 is 0. The van der Waals surface area contributed by atoms with Gasteiger partial charge in [-0.2, -0.15) is 0 Å². The molecule has 2 rings (SSSR count). The van der Waals surface area contributed by atoms with Crippen LogP contribution < -0.4 is 5.73 Å². The van der Waals surface area contributed by atoms with Crippen molar-refractivity contribution in [3.8, 4) is 17.0 Å². The fourth-order valence-corrected chi connectivity index (χ4v) is 1.46. The highest BCUT2D eigenvalue weighted by Crippen LogP contribution is 2.23. The summed E-state index contributed by atoms with van der Waals surface area (Å²) in [6.45, 7) is 0.219. The van der Waals surface area contributed by atoms with Crippen molar-refractivity contribution in [2.75, 3.05) is 0 Å². The molecule has 0 radical (unpaired) electrons. The van der Waals surface area contributed by atoms with Crippen molar-refractivity contribution in [1.29, 1.82) is 0 Å². The molecule has 0 atom stereocenters. The maximum atomic E-state index is 13.0. The van der Waals surface area contributed by atoms with E-state index in [2.05, 4.69) is 4.98 Å². The van der Waals surface area contributed by atoms with Crippen LogP contribution in [0.2, 0.25) is 0 Å². The van der Waals surface area contributed by atoms with E-state index in [1.54, 1.807) is 18.2 Å². The molecule has 3 nitrogen and oxygen atoms in total. The lowest BCUT2D eigenvalue weighted by molar-refractivity contribution is 0.466. The van der Waals surface area contributed by atoms with Crippen molar-refractivity contribution in [2.24, 2.45) is 5.73 Å². The topological polar surface area (TPSA) is 59.1 Å². The Balaban J connectivity index is 2.48. The summed E-state index contributed by atoms with van der Waals surface area (Å²) in [5.41, 5.74) is 7.31. The average molecular weight is 218 g/mol. The molecule has 0 saturated heterocycles. The Bertz CT molecular complexity index is 514. The zero-order chi connectivity index (χ0) is 11.5. The summed E-state index contributed by atoms with van der Waals surface area (Å²) in [6.07, 6.45) is 1.32. The number of nitrogens with zero attached hydrogens (tertiary/aromatic N) is 1. The fourth-order valence-electron chi connectivity index (χ4n) is 1.46. The molecule has 0 saturated carbocycles. The van der Waals surface area contributed by atoms with Gasteiger partial charge in [0.2, 0.25) is 0 Å². The predicted molar refractivity (Wildman–Crippen MR) is 59.2 cm³/mol. The first-order chi connectivity index (χ1) is 7.70. The molecule has 3 N–H and O–H groups in total. The van der Waals surface area contributed by atoms with Crippen LogP contribution in [0, 0.1) is 5.82 Å². The molecule has 0 bridgehead atoms. The van der Waals surface area contributed by atoms with Gasteiger partial charge in [0.25, 0.3) is 0 Å². The van der Waals surface area contributed by atoms with Crippen LogP contribution in [0.25, 0.3) is 11.3 Å². The predicted octanol–water partition coefficient (Wildman–Crippen LogP) is 2.05. The molecule has 2 aromatic rings. The van der Waals surface area contributed by atoms with Gasteiger partial charge in [0.15, 0.2) is 0 Å². The molecule has 0 unspecified atom stereocenters. The van der Waals surface area contributed by atoms with Crippen LogP contribution in [0.4, 0.5) is 4.39 Å². The lowest BCUT2D eigenvalue weighted by Gasteiger charge is -2.05. The average Bonchev–Trinajstić information content (AvgIpc) is 2.29. The first kappa shape index (κ1) is 10.6. The van der Waals surface area contributed by atoms with E-state index in [0.717, 1.165) is 0 Å². The first-order valence-electron chi connectivity index (χ1n) is 4.84. The largest absolute Gasteiger partial charge is 0.506 e. The normalized spacial score (nSPS) is 10.4. The third-order valence-electron chi connectivity index (χ3n) is 2.31. The molecule has 0 aliphatic carbocycles. The van der Waals surface area contributed by atoms with Crippen LogP contribution in [0.15, 0.2) is 36.5 Å². The lowest BCUT2D eigenvalue weighted by Crippen LogP contribution is -1.98. The highest BCUT2D eigenvalue weighted by Gasteiger charge is 2.05. The molecule has 0 spiro atoms. The summed E-state index contributed by atoms with van der Waals surface area (Å²) in [5.74, 6) is -0.260. The molecule has 82 valence electrons. The number of pyridine rings is 1. The minimum Gasteiger partial charge on any atom is -0.506 e. The number of aromatic hydroxyl groups is 1. The molecule has 0 amide bonds. The second kappa shape index (κ2) is 4.28. The Morgan fingerprint density at radius 2 is 2.12 bits per heavy atom. The van der Waals surface area contributed by atoms with E-state index in [9.17, 15) is 9.50 Å². The molecule has 0 aliphatic rings. The van der Waals surface area contributed by atoms with Crippen LogP contribution in [0.1, 0.15) is 5.56 Å². The molecule has 0 aliphatic heterocycles. The Morgan fingerprint density at radius 3 is 2.81 bits per heavy atom. The van der Waals surface area contributed by atoms with E-state index >= 15 is 0 Å². The molecule has 0 fully saturated rings. The van der Waals surface area contributed by atoms with Gasteiger partial charge < -0.3 is 10.8 Å². The van der Waals surface area contributed by atoms with Gasteiger partial charge in [-0.1, -0.05) is 12.1 Å². The monoisotopic (exact) mass is 218 g/mol. The minimum absolute atomic E-state index is 0.0580. The maximum Gasteiger partial charge on any atom is 0.138 e. The van der Waals surface area contributed by atoms with E-state index in [4.69, 9.17) is 5.73 Å². The second-order valence-electron chi connectivity index (χ2n) is 3.41. The van der Waals surface area contributed by atoms with Crippen LogP contribution >= 0.6 is 0 Å². The quantitative estimate of drug-likeness (QED) is 0.811. The van der Waals surface area contributed by atoms with Crippen LogP contribution in [0.5, 0.6) is 5.75 Å². The number of aromatic nitrogens is 1. The van der Waals surface area contributed by atoms with Gasteiger partial charge in [0, 0.05) is 17.7 Å². The van der Waals surface area contributed by atoms with Crippen LogP contribution in [-0.4, -0.2) is 10.1 Å². The number of hydrogen-bond acceptors (Lipinski definition) is 3. The standard InChI is InChI=1S/C12H11FN2O/c13-10-3-1-2-8(4-10)11-5-9(6-14)12(16)7-15-11/h1-5,7,16H,6,14H2. The van der Waals surface area contributed by atoms with Gasteiger partial charge in [-0.3, -0.25) is 4.98 Å². The maximum absolute atomic E-state index is 13.0. The molecular formula is C12H11FN2O. The van der Waals surface area contributed by atoms with Crippen LogP contribution in [0.3, 0.4) is 0 Å². The minimum atomic E-state index is -0.318. The van der Waals surface area contributed by atoms with Crippen molar-refractivity contribution < 1.29 is 9.50 Å². The van der Waals surface area contributed by atoms with E-state index in [0.29, 0.717) is 16.8 Å². The van der Waals surface area contributed by atoms with Gasteiger partial charge in [0.1, 0.15) is 11.6 Å². The Hall–Kier alpha value is -1.94. The van der Waals surface area contributed by atoms with Gasteiger partial charge in [0.05, 0.1) is 11.9 Å². The molecular weight excluding hydrogens is 207 g/mol. The van der Waals surface area contributed by atoms with Crippen molar-refractivity contribution in [2.45, 2.75) is 6.54 Å². The van der Waals surface area contributed by atoms with E-state index < -0.39 is 0 Å². The number of rotatable bonds is 2. The summed E-state index contributed by atoms with van der Waals surface area (Å²) in [5, 5.41) is 9.42. The van der Waals surface area contributed by atoms with Crippen molar-refractivity contribution in [3.63, 3.8) is 0 Å². The summed E-state index contributed by atoms with van der Waals surface area (Å²) in [7, 11) is 0. The van der Waals surface area contributed by atoms with Crippen molar-refractivity contribution in [3.05, 3.63) is 47.9 Å². The van der Waals surface area contributed by atoms with E-state index in [1.807, 2.05) is 0 Å². The smallest absolute Gasteiger partial charge is 0.138 e. The van der Waals surface area contributed by atoms with Crippen molar-refractivity contribution in [1.82, 2.24) is 4.98 Å². The summed E-state index contributed by atoms with van der Waals surface area (Å²) < 4.78 is 13.0. The van der Waals surface area contributed by atoms with Gasteiger partial charge in [-0.15, -0.1) is 0 Å². The Labute approximate surface area is 92.4 Å². The number of nitrogens with two attached hydrogens (primary N) is 1. The molecule has 1 heterocycles. The zero-order valence-corrected chi connectivity index (χ0v) is 8.52. The third-order valence-corrected chi connectivity index (χ3v) is 2.31. The molecule has 16 heavy (non-hydrogen) atoms. The summed E-state index contributed by atoms with van der Waals surface area (Å²) in [4.78, 5) is 4.03. The van der Waals surface area contributed by atoms with E-state index in [1.165, 1.54) is 18.3 Å². The lowest BCUT2D eigenvalue weighted by atomic mass is 10.1. The van der Waals surface area contributed by atoms with E-state index in [-0.39, 0.29) is 18.1 Å². The van der Waals surface area contributed by atoms with Crippen molar-refractivity contribution >= 4 is 0 Å². The first-order valence-corrected chi connectivity index (χ1v) is 4.84. The third kappa shape index (κ3) is 2.01. The molecule has 4 heteroatoms. The zero-order valence-electron chi connectivity index (χ0n) is 8.52. The number of halogens is 1. The van der Waals surface area contributed by atoms with Crippen LogP contribution in [-0.2, 0) is 6.54 Å². The fraction of sp³-hybridized carbons (Fsp3) is 0.0833. The number of hydrogen-bond donors (Lipinski definition) is 2. The number of benzene rings is 1. The molecule has 1 aromatic carbocycles. The summed E-state index contributed by atoms with van der Waals surface area (Å²) in [6, 6.07) is 7.78. The van der Waals surface area contributed by atoms with Gasteiger partial charge >= 0.3 is 0 Å². The Morgan fingerprint density at radius 1 is 1.31 bits per heavy atom. The van der Waals surface area contributed by atoms with Gasteiger partial charge in [-0.25, -0.2) is 4.39 Å². The van der Waals surface area contributed by atoms with Gasteiger partial charge in [-0.05, 0) is 18.2 Å². The Kier molecular flexibility index (Phi) is 2.83.